The quantitative estimate of drug-likeness (QED) is 0.801. The van der Waals surface area contributed by atoms with E-state index >= 15 is 0 Å². The van der Waals surface area contributed by atoms with Crippen molar-refractivity contribution in [1.82, 2.24) is 5.32 Å². The maximum absolute atomic E-state index is 12.8. The van der Waals surface area contributed by atoms with Crippen molar-refractivity contribution in [2.75, 3.05) is 7.11 Å². The number of nitrogens with one attached hydrogen (secondary N) is 1. The lowest BCUT2D eigenvalue weighted by atomic mass is 9.95. The Bertz CT molecular complexity index is 739. The molecular weight excluding hydrogens is 343 g/mol. The summed E-state index contributed by atoms with van der Waals surface area (Å²) in [5, 5.41) is 2.92. The van der Waals surface area contributed by atoms with Crippen LogP contribution in [0.2, 0.25) is 0 Å². The number of hydrogen-bond donors (Lipinski definition) is 1. The van der Waals surface area contributed by atoms with Crippen molar-refractivity contribution in [1.29, 1.82) is 0 Å². The molecule has 0 aliphatic heterocycles. The summed E-state index contributed by atoms with van der Waals surface area (Å²) in [6, 6.07) is 12.0. The van der Waals surface area contributed by atoms with Crippen molar-refractivity contribution in [3.05, 3.63) is 65.2 Å². The summed E-state index contributed by atoms with van der Waals surface area (Å²) >= 11 is 0. The number of benzene rings is 2. The standard InChI is InChI=1S/C20H22F3NO2/c1-13(2)19(15-7-9-17(26-3)10-8-15)24-18(25)12-14-5-4-6-16(11-14)20(21,22)23/h4-11,13,19H,12H2,1-3H3,(H,24,25)/t19-/m0/s1. The van der Waals surface area contributed by atoms with Gasteiger partial charge in [-0.15, -0.1) is 0 Å². The molecule has 1 atom stereocenters. The molecule has 0 heterocycles. The fourth-order valence-corrected chi connectivity index (χ4v) is 2.71. The van der Waals surface area contributed by atoms with Crippen molar-refractivity contribution in [2.24, 2.45) is 5.92 Å². The Balaban J connectivity index is 2.10. The van der Waals surface area contributed by atoms with E-state index in [1.807, 2.05) is 38.1 Å². The molecule has 0 saturated heterocycles. The minimum Gasteiger partial charge on any atom is -0.497 e. The van der Waals surface area contributed by atoms with Crippen LogP contribution in [0.3, 0.4) is 0 Å². The monoisotopic (exact) mass is 365 g/mol. The van der Waals surface area contributed by atoms with Crippen molar-refractivity contribution < 1.29 is 22.7 Å². The predicted octanol–water partition coefficient (Wildman–Crippen LogP) is 4.77. The molecule has 0 aliphatic rings. The zero-order chi connectivity index (χ0) is 19.3. The number of alkyl halides is 3. The fraction of sp³-hybridized carbons (Fsp3) is 0.350. The van der Waals surface area contributed by atoms with Gasteiger partial charge < -0.3 is 10.1 Å². The van der Waals surface area contributed by atoms with E-state index in [1.165, 1.54) is 12.1 Å². The molecule has 0 unspecified atom stereocenters. The third-order valence-electron chi connectivity index (χ3n) is 4.08. The first kappa shape index (κ1) is 19.8. The Labute approximate surface area is 151 Å². The molecule has 1 N–H and O–H groups in total. The van der Waals surface area contributed by atoms with E-state index in [0.29, 0.717) is 11.3 Å². The average molecular weight is 365 g/mol. The van der Waals surface area contributed by atoms with Crippen LogP contribution in [0.25, 0.3) is 0 Å². The SMILES string of the molecule is COc1ccc([C@@H](NC(=O)Cc2cccc(C(F)(F)F)c2)C(C)C)cc1. The largest absolute Gasteiger partial charge is 0.497 e. The van der Waals surface area contributed by atoms with E-state index in [-0.39, 0.29) is 24.3 Å². The van der Waals surface area contributed by atoms with Gasteiger partial charge in [0.15, 0.2) is 0 Å². The second-order valence-corrected chi connectivity index (χ2v) is 6.44. The molecule has 0 fully saturated rings. The Morgan fingerprint density at radius 2 is 1.77 bits per heavy atom. The molecule has 6 heteroatoms. The lowest BCUT2D eigenvalue weighted by Gasteiger charge is -2.23. The number of methoxy groups -OCH3 is 1. The smallest absolute Gasteiger partial charge is 0.416 e. The average Bonchev–Trinajstić information content (AvgIpc) is 2.59. The number of amides is 1. The Morgan fingerprint density at radius 1 is 1.12 bits per heavy atom. The Kier molecular flexibility index (Phi) is 6.29. The van der Waals surface area contributed by atoms with Crippen molar-refractivity contribution >= 4 is 5.91 Å². The zero-order valence-corrected chi connectivity index (χ0v) is 14.9. The molecule has 0 bridgehead atoms. The van der Waals surface area contributed by atoms with Gasteiger partial charge in [-0.2, -0.15) is 13.2 Å². The maximum Gasteiger partial charge on any atom is 0.416 e. The molecule has 2 aromatic rings. The molecule has 26 heavy (non-hydrogen) atoms. The van der Waals surface area contributed by atoms with Crippen LogP contribution in [0.4, 0.5) is 13.2 Å². The van der Waals surface area contributed by atoms with Gasteiger partial charge in [-0.25, -0.2) is 0 Å². The Hall–Kier alpha value is -2.50. The number of ether oxygens (including phenoxy) is 1. The fourth-order valence-electron chi connectivity index (χ4n) is 2.71. The molecule has 0 spiro atoms. The third kappa shape index (κ3) is 5.25. The molecule has 0 aromatic heterocycles. The minimum atomic E-state index is -4.42. The van der Waals surface area contributed by atoms with E-state index in [1.54, 1.807) is 7.11 Å². The first-order chi connectivity index (χ1) is 12.2. The van der Waals surface area contributed by atoms with Crippen molar-refractivity contribution in [2.45, 2.75) is 32.5 Å². The van der Waals surface area contributed by atoms with Gasteiger partial charge in [-0.1, -0.05) is 44.2 Å². The number of carbonyl (C=O) groups excluding carboxylic acids is 1. The third-order valence-corrected chi connectivity index (χ3v) is 4.08. The van der Waals surface area contributed by atoms with Crippen LogP contribution < -0.4 is 10.1 Å². The molecule has 2 rings (SSSR count). The highest BCUT2D eigenvalue weighted by molar-refractivity contribution is 5.79. The zero-order valence-electron chi connectivity index (χ0n) is 14.9. The molecule has 2 aromatic carbocycles. The second kappa shape index (κ2) is 8.25. The topological polar surface area (TPSA) is 38.3 Å². The van der Waals surface area contributed by atoms with Crippen LogP contribution in [-0.4, -0.2) is 13.0 Å². The molecule has 3 nitrogen and oxygen atoms in total. The molecule has 0 saturated carbocycles. The van der Waals surface area contributed by atoms with Crippen molar-refractivity contribution in [3.8, 4) is 5.75 Å². The molecule has 0 aliphatic carbocycles. The maximum atomic E-state index is 12.8. The predicted molar refractivity (Wildman–Crippen MR) is 93.9 cm³/mol. The van der Waals surface area contributed by atoms with Gasteiger partial charge in [0.2, 0.25) is 5.91 Å². The van der Waals surface area contributed by atoms with Gasteiger partial charge in [0.25, 0.3) is 0 Å². The van der Waals surface area contributed by atoms with Crippen LogP contribution in [0.15, 0.2) is 48.5 Å². The summed E-state index contributed by atoms with van der Waals surface area (Å²) in [5.41, 5.74) is 0.492. The normalized spacial score (nSPS) is 12.7. The van der Waals surface area contributed by atoms with Crippen LogP contribution in [0.5, 0.6) is 5.75 Å². The highest BCUT2D eigenvalue weighted by atomic mass is 19.4. The van der Waals surface area contributed by atoms with Gasteiger partial charge in [-0.05, 0) is 35.2 Å². The van der Waals surface area contributed by atoms with E-state index in [4.69, 9.17) is 4.74 Å². The van der Waals surface area contributed by atoms with Crippen LogP contribution >= 0.6 is 0 Å². The second-order valence-electron chi connectivity index (χ2n) is 6.44. The first-order valence-corrected chi connectivity index (χ1v) is 8.30. The molecule has 140 valence electrons. The molecular formula is C20H22F3NO2. The number of carbonyl (C=O) groups is 1. The summed E-state index contributed by atoms with van der Waals surface area (Å²) in [5.74, 6) is 0.513. The van der Waals surface area contributed by atoms with Gasteiger partial charge >= 0.3 is 6.18 Å². The van der Waals surface area contributed by atoms with Gasteiger partial charge in [-0.3, -0.25) is 4.79 Å². The Morgan fingerprint density at radius 3 is 2.31 bits per heavy atom. The van der Waals surface area contributed by atoms with Crippen LogP contribution in [-0.2, 0) is 17.4 Å². The number of hydrogen-bond acceptors (Lipinski definition) is 2. The summed E-state index contributed by atoms with van der Waals surface area (Å²) in [6.07, 6.45) is -4.53. The van der Waals surface area contributed by atoms with Gasteiger partial charge in [0, 0.05) is 0 Å². The summed E-state index contributed by atoms with van der Waals surface area (Å²) in [7, 11) is 1.58. The summed E-state index contributed by atoms with van der Waals surface area (Å²) in [6.45, 7) is 3.94. The van der Waals surface area contributed by atoms with E-state index < -0.39 is 11.7 Å². The van der Waals surface area contributed by atoms with Gasteiger partial charge in [0.1, 0.15) is 5.75 Å². The number of halogens is 3. The minimum absolute atomic E-state index is 0.108. The van der Waals surface area contributed by atoms with Crippen molar-refractivity contribution in [3.63, 3.8) is 0 Å². The highest BCUT2D eigenvalue weighted by Crippen LogP contribution is 2.30. The van der Waals surface area contributed by atoms with Crippen LogP contribution in [0, 0.1) is 5.92 Å². The summed E-state index contributed by atoms with van der Waals surface area (Å²) < 4.78 is 43.5. The lowest BCUT2D eigenvalue weighted by Crippen LogP contribution is -2.32. The highest BCUT2D eigenvalue weighted by Gasteiger charge is 2.30. The first-order valence-electron chi connectivity index (χ1n) is 8.30. The molecule has 1 amide bonds. The van der Waals surface area contributed by atoms with E-state index in [2.05, 4.69) is 5.32 Å². The van der Waals surface area contributed by atoms with E-state index in [9.17, 15) is 18.0 Å². The van der Waals surface area contributed by atoms with E-state index in [0.717, 1.165) is 17.7 Å². The van der Waals surface area contributed by atoms with Crippen LogP contribution in [0.1, 0.15) is 36.6 Å². The lowest BCUT2D eigenvalue weighted by molar-refractivity contribution is -0.137. The molecule has 0 radical (unpaired) electrons. The number of rotatable bonds is 6. The van der Waals surface area contributed by atoms with Gasteiger partial charge in [0.05, 0.1) is 25.1 Å². The summed E-state index contributed by atoms with van der Waals surface area (Å²) in [4.78, 5) is 12.4.